The van der Waals surface area contributed by atoms with Crippen LogP contribution in [0, 0.1) is 12.3 Å². The van der Waals surface area contributed by atoms with Crippen molar-refractivity contribution in [1.82, 2.24) is 0 Å². The average Bonchev–Trinajstić information content (AvgIpc) is 1.69. The van der Waals surface area contributed by atoms with Gasteiger partial charge in [0, 0.05) is 0 Å². The molecule has 0 aliphatic heterocycles. The Balaban J connectivity index is 0. The lowest BCUT2D eigenvalue weighted by Gasteiger charge is -1.50. The van der Waals surface area contributed by atoms with E-state index >= 15 is 0 Å². The van der Waals surface area contributed by atoms with Crippen LogP contribution in [0.5, 0.6) is 0 Å². The maximum atomic E-state index is 4.76. The fraction of sp³-hybridized carbons (Fsp3) is 0.500. The van der Waals surface area contributed by atoms with E-state index in [1.807, 2.05) is 0 Å². The van der Waals surface area contributed by atoms with Crippen molar-refractivity contribution in [2.75, 3.05) is 10.7 Å². The van der Waals surface area contributed by atoms with E-state index < -0.39 is 0 Å². The summed E-state index contributed by atoms with van der Waals surface area (Å²) in [5.74, 6) is 2.35. The van der Waals surface area contributed by atoms with Crippen LogP contribution in [0.1, 0.15) is 0 Å². The van der Waals surface area contributed by atoms with Gasteiger partial charge in [-0.05, 0) is 0 Å². The Kier molecular flexibility index (Phi) is 24.1. The van der Waals surface area contributed by atoms with Crippen molar-refractivity contribution in [2.24, 2.45) is 0 Å². The SMILES string of the molecule is C#CCBr.ClCCl. The molecule has 0 amide bonds. The molecule has 0 fully saturated rings. The fourth-order valence-corrected chi connectivity index (χ4v) is 0. The maximum Gasteiger partial charge on any atom is 0.0967 e. The van der Waals surface area contributed by atoms with E-state index in [0.717, 1.165) is 0 Å². The van der Waals surface area contributed by atoms with E-state index in [0.29, 0.717) is 5.33 Å². The Hall–Kier alpha value is 0.620. The molecule has 0 bridgehead atoms. The first-order valence-electron chi connectivity index (χ1n) is 1.44. The smallest absolute Gasteiger partial charge is 0.0967 e. The Morgan fingerprint density at radius 1 is 1.57 bits per heavy atom. The minimum atomic E-state index is 0.194. The molecule has 0 nitrogen and oxygen atoms in total. The van der Waals surface area contributed by atoms with E-state index in [4.69, 9.17) is 29.6 Å². The highest BCUT2D eigenvalue weighted by atomic mass is 79.9. The third kappa shape index (κ3) is 53.8. The average molecular weight is 204 g/mol. The van der Waals surface area contributed by atoms with Gasteiger partial charge in [0.15, 0.2) is 0 Å². The molecule has 0 N–H and O–H groups in total. The predicted octanol–water partition coefficient (Wildman–Crippen LogP) is 2.44. The van der Waals surface area contributed by atoms with Gasteiger partial charge in [-0.15, -0.1) is 29.6 Å². The second-order valence-electron chi connectivity index (χ2n) is 0.439. The van der Waals surface area contributed by atoms with Crippen molar-refractivity contribution in [1.29, 1.82) is 0 Å². The van der Waals surface area contributed by atoms with Gasteiger partial charge in [-0.1, -0.05) is 21.9 Å². The molecule has 0 saturated carbocycles. The Labute approximate surface area is 62.3 Å². The molecular formula is C4H5BrCl2. The molecule has 0 rings (SSSR count). The van der Waals surface area contributed by atoms with E-state index in [1.54, 1.807) is 0 Å². The lowest BCUT2D eigenvalue weighted by Crippen LogP contribution is -1.45. The maximum absolute atomic E-state index is 4.76. The van der Waals surface area contributed by atoms with Crippen molar-refractivity contribution in [2.45, 2.75) is 0 Å². The zero-order valence-electron chi connectivity index (χ0n) is 3.63. The summed E-state index contributed by atoms with van der Waals surface area (Å²) < 4.78 is 0. The molecule has 0 aliphatic rings. The van der Waals surface area contributed by atoms with Crippen LogP contribution in [0.15, 0.2) is 0 Å². The number of hydrogen-bond acceptors (Lipinski definition) is 0. The first kappa shape index (κ1) is 10.6. The highest BCUT2D eigenvalue weighted by Crippen LogP contribution is 1.73. The Morgan fingerprint density at radius 2 is 1.71 bits per heavy atom. The van der Waals surface area contributed by atoms with Gasteiger partial charge in [0.05, 0.1) is 10.7 Å². The summed E-state index contributed by atoms with van der Waals surface area (Å²) in [6, 6.07) is 0. The third-order valence-electron chi connectivity index (χ3n) is 0.0772. The molecule has 42 valence electrons. The summed E-state index contributed by atoms with van der Waals surface area (Å²) in [5.41, 5.74) is 0. The number of rotatable bonds is 0. The Bertz CT molecular complexity index is 48.1. The molecule has 0 aliphatic carbocycles. The standard InChI is InChI=1S/C3H3Br.CH2Cl2/c1-2-3-4;2-1-3/h1H,3H2;1H2. The molecule has 0 atom stereocenters. The molecular weight excluding hydrogens is 199 g/mol. The van der Waals surface area contributed by atoms with Crippen LogP contribution in [0.4, 0.5) is 0 Å². The molecule has 7 heavy (non-hydrogen) atoms. The highest BCUT2D eigenvalue weighted by Gasteiger charge is 1.46. The third-order valence-corrected chi connectivity index (χ3v) is 0.401. The zero-order chi connectivity index (χ0) is 6.12. The molecule has 0 aromatic heterocycles. The number of alkyl halides is 3. The zero-order valence-corrected chi connectivity index (χ0v) is 6.72. The topological polar surface area (TPSA) is 0 Å². The van der Waals surface area contributed by atoms with Crippen LogP contribution < -0.4 is 0 Å². The van der Waals surface area contributed by atoms with Gasteiger partial charge in [-0.25, -0.2) is 0 Å². The number of hydrogen-bond donors (Lipinski definition) is 0. The van der Waals surface area contributed by atoms with Gasteiger partial charge >= 0.3 is 0 Å². The molecule has 0 heterocycles. The van der Waals surface area contributed by atoms with Gasteiger partial charge in [0.2, 0.25) is 0 Å². The van der Waals surface area contributed by atoms with E-state index in [2.05, 4.69) is 21.9 Å². The predicted molar refractivity (Wildman–Crippen MR) is 39.2 cm³/mol. The van der Waals surface area contributed by atoms with Crippen LogP contribution >= 0.6 is 39.1 Å². The van der Waals surface area contributed by atoms with Crippen LogP contribution in [0.25, 0.3) is 0 Å². The van der Waals surface area contributed by atoms with Crippen LogP contribution in [-0.2, 0) is 0 Å². The summed E-state index contributed by atoms with van der Waals surface area (Å²) >= 11 is 12.5. The van der Waals surface area contributed by atoms with Gasteiger partial charge in [0.25, 0.3) is 0 Å². The molecule has 0 aromatic rings. The summed E-state index contributed by atoms with van der Waals surface area (Å²) in [7, 11) is 0. The Morgan fingerprint density at radius 3 is 1.71 bits per heavy atom. The van der Waals surface area contributed by atoms with Gasteiger partial charge < -0.3 is 0 Å². The van der Waals surface area contributed by atoms with Crippen molar-refractivity contribution < 1.29 is 0 Å². The first-order chi connectivity index (χ1) is 3.33. The molecule has 0 saturated heterocycles. The molecule has 0 aromatic carbocycles. The lowest BCUT2D eigenvalue weighted by molar-refractivity contribution is 2.02. The van der Waals surface area contributed by atoms with Crippen molar-refractivity contribution in [3.05, 3.63) is 0 Å². The largest absolute Gasteiger partial charge is 0.119 e. The van der Waals surface area contributed by atoms with Crippen molar-refractivity contribution in [3.8, 4) is 12.3 Å². The van der Waals surface area contributed by atoms with Crippen LogP contribution in [0.2, 0.25) is 0 Å². The normalized spacial score (nSPS) is 5.43. The quantitative estimate of drug-likeness (QED) is 0.419. The van der Waals surface area contributed by atoms with Gasteiger partial charge in [-0.2, -0.15) is 0 Å². The van der Waals surface area contributed by atoms with Crippen LogP contribution in [-0.4, -0.2) is 10.7 Å². The van der Waals surface area contributed by atoms with Gasteiger partial charge in [0.1, 0.15) is 0 Å². The second-order valence-corrected chi connectivity index (χ2v) is 1.81. The van der Waals surface area contributed by atoms with Crippen molar-refractivity contribution >= 4 is 39.1 Å². The summed E-state index contributed by atoms with van der Waals surface area (Å²) in [4.78, 5) is 0. The monoisotopic (exact) mass is 202 g/mol. The second kappa shape index (κ2) is 16.0. The molecule has 0 radical (unpaired) electrons. The van der Waals surface area contributed by atoms with E-state index in [9.17, 15) is 0 Å². The van der Waals surface area contributed by atoms with Crippen LogP contribution in [0.3, 0.4) is 0 Å². The lowest BCUT2D eigenvalue weighted by atomic mass is 10.9. The number of terminal acetylenes is 1. The van der Waals surface area contributed by atoms with Gasteiger partial charge in [-0.3, -0.25) is 0 Å². The molecule has 0 unspecified atom stereocenters. The first-order valence-corrected chi connectivity index (χ1v) is 3.63. The minimum absolute atomic E-state index is 0.194. The molecule has 0 spiro atoms. The summed E-state index contributed by atoms with van der Waals surface area (Å²) in [5, 5.41) is 0.854. The van der Waals surface area contributed by atoms with E-state index in [1.165, 1.54) is 0 Å². The minimum Gasteiger partial charge on any atom is -0.119 e. The molecule has 3 heteroatoms. The summed E-state index contributed by atoms with van der Waals surface area (Å²) in [6.07, 6.45) is 4.73. The highest BCUT2D eigenvalue weighted by molar-refractivity contribution is 9.09. The van der Waals surface area contributed by atoms with Crippen molar-refractivity contribution in [3.63, 3.8) is 0 Å². The fourth-order valence-electron chi connectivity index (χ4n) is 0. The number of halogens is 3. The van der Waals surface area contributed by atoms with E-state index in [-0.39, 0.29) is 5.34 Å². The summed E-state index contributed by atoms with van der Waals surface area (Å²) in [6.45, 7) is 0.